The highest BCUT2D eigenvalue weighted by Crippen LogP contribution is 2.16. The van der Waals surface area contributed by atoms with Crippen LogP contribution >= 0.6 is 22.6 Å². The highest BCUT2D eigenvalue weighted by atomic mass is 127. The van der Waals surface area contributed by atoms with E-state index in [0.29, 0.717) is 26.7 Å². The summed E-state index contributed by atoms with van der Waals surface area (Å²) in [6.07, 6.45) is 0. The zero-order chi connectivity index (χ0) is 12.4. The van der Waals surface area contributed by atoms with Gasteiger partial charge in [-0.25, -0.2) is 9.97 Å². The standard InChI is InChI=1S/C11H10IN3O2/c1-6-9(12)11(16)15-10(13-6)7-4-3-5-8(14-7)17-2/h3-5H,1-2H3,(H,13,15,16). The molecule has 2 aromatic rings. The SMILES string of the molecule is COc1cccc(-c2nc(C)c(I)c(=O)[nH]2)n1. The quantitative estimate of drug-likeness (QED) is 0.844. The molecule has 1 N–H and O–H groups in total. The van der Waals surface area contributed by atoms with E-state index in [0.717, 1.165) is 0 Å². The van der Waals surface area contributed by atoms with Crippen molar-refractivity contribution in [2.75, 3.05) is 7.11 Å². The molecule has 0 fully saturated rings. The Kier molecular flexibility index (Phi) is 3.41. The molecule has 17 heavy (non-hydrogen) atoms. The van der Waals surface area contributed by atoms with Crippen molar-refractivity contribution < 1.29 is 4.74 Å². The number of pyridine rings is 1. The molecule has 88 valence electrons. The number of methoxy groups -OCH3 is 1. The van der Waals surface area contributed by atoms with Crippen molar-refractivity contribution in [3.63, 3.8) is 0 Å². The first kappa shape index (κ1) is 12.0. The van der Waals surface area contributed by atoms with E-state index in [1.54, 1.807) is 32.2 Å². The van der Waals surface area contributed by atoms with Crippen LogP contribution in [0.1, 0.15) is 5.69 Å². The molecule has 0 aliphatic carbocycles. The number of halogens is 1. The molecular weight excluding hydrogens is 333 g/mol. The molecule has 0 aromatic carbocycles. The third kappa shape index (κ3) is 2.46. The Labute approximate surface area is 111 Å². The van der Waals surface area contributed by atoms with Crippen molar-refractivity contribution in [2.45, 2.75) is 6.92 Å². The minimum absolute atomic E-state index is 0.155. The largest absolute Gasteiger partial charge is 0.481 e. The summed E-state index contributed by atoms with van der Waals surface area (Å²) in [7, 11) is 1.54. The normalized spacial score (nSPS) is 10.3. The van der Waals surface area contributed by atoms with Gasteiger partial charge in [0, 0.05) is 6.07 Å². The summed E-state index contributed by atoms with van der Waals surface area (Å²) in [6.45, 7) is 1.79. The van der Waals surface area contributed by atoms with Crippen LogP contribution in [0.15, 0.2) is 23.0 Å². The number of aryl methyl sites for hydroxylation is 1. The number of nitrogens with one attached hydrogen (secondary N) is 1. The Morgan fingerprint density at radius 3 is 2.76 bits per heavy atom. The van der Waals surface area contributed by atoms with Gasteiger partial charge in [-0.1, -0.05) is 6.07 Å². The van der Waals surface area contributed by atoms with Gasteiger partial charge < -0.3 is 9.72 Å². The zero-order valence-electron chi connectivity index (χ0n) is 9.32. The van der Waals surface area contributed by atoms with Crippen LogP contribution in [0.2, 0.25) is 0 Å². The lowest BCUT2D eigenvalue weighted by Gasteiger charge is -2.04. The molecule has 0 aliphatic rings. The van der Waals surface area contributed by atoms with E-state index in [2.05, 4.69) is 15.0 Å². The van der Waals surface area contributed by atoms with Gasteiger partial charge in [-0.3, -0.25) is 4.79 Å². The van der Waals surface area contributed by atoms with E-state index in [4.69, 9.17) is 4.74 Å². The number of hydrogen-bond donors (Lipinski definition) is 1. The van der Waals surface area contributed by atoms with Crippen LogP contribution in [0.25, 0.3) is 11.5 Å². The lowest BCUT2D eigenvalue weighted by Crippen LogP contribution is -2.14. The molecule has 0 amide bonds. The molecule has 2 aromatic heterocycles. The molecule has 2 heterocycles. The molecule has 0 spiro atoms. The van der Waals surface area contributed by atoms with Crippen molar-refractivity contribution in [1.29, 1.82) is 0 Å². The Bertz CT molecular complexity index is 610. The van der Waals surface area contributed by atoms with Gasteiger partial charge in [0.05, 0.1) is 16.4 Å². The predicted octanol–water partition coefficient (Wildman–Crippen LogP) is 1.75. The van der Waals surface area contributed by atoms with E-state index in [1.165, 1.54) is 0 Å². The van der Waals surface area contributed by atoms with E-state index >= 15 is 0 Å². The highest BCUT2D eigenvalue weighted by molar-refractivity contribution is 14.1. The number of nitrogens with zero attached hydrogens (tertiary/aromatic N) is 2. The summed E-state index contributed by atoms with van der Waals surface area (Å²) in [5, 5.41) is 0. The predicted molar refractivity (Wildman–Crippen MR) is 72.1 cm³/mol. The first-order valence-electron chi connectivity index (χ1n) is 4.89. The molecule has 0 unspecified atom stereocenters. The van der Waals surface area contributed by atoms with Crippen molar-refractivity contribution in [2.24, 2.45) is 0 Å². The molecule has 0 atom stereocenters. The summed E-state index contributed by atoms with van der Waals surface area (Å²) >= 11 is 1.97. The van der Waals surface area contributed by atoms with Crippen molar-refractivity contribution >= 4 is 22.6 Å². The zero-order valence-corrected chi connectivity index (χ0v) is 11.5. The van der Waals surface area contributed by atoms with Crippen molar-refractivity contribution in [1.82, 2.24) is 15.0 Å². The monoisotopic (exact) mass is 343 g/mol. The summed E-state index contributed by atoms with van der Waals surface area (Å²) in [6, 6.07) is 5.31. The van der Waals surface area contributed by atoms with Crippen molar-refractivity contribution in [3.05, 3.63) is 37.8 Å². The van der Waals surface area contributed by atoms with Gasteiger partial charge >= 0.3 is 0 Å². The molecule has 0 bridgehead atoms. The first-order chi connectivity index (χ1) is 8.11. The Hall–Kier alpha value is -1.44. The average molecular weight is 343 g/mol. The Morgan fingerprint density at radius 2 is 2.12 bits per heavy atom. The van der Waals surface area contributed by atoms with Gasteiger partial charge in [-0.15, -0.1) is 0 Å². The molecule has 5 nitrogen and oxygen atoms in total. The third-order valence-electron chi connectivity index (χ3n) is 2.20. The smallest absolute Gasteiger partial charge is 0.264 e. The van der Waals surface area contributed by atoms with Gasteiger partial charge in [-0.05, 0) is 35.6 Å². The second-order valence-corrected chi connectivity index (χ2v) is 4.46. The second kappa shape index (κ2) is 4.82. The molecule has 2 rings (SSSR count). The first-order valence-corrected chi connectivity index (χ1v) is 5.97. The number of H-pyrrole nitrogens is 1. The second-order valence-electron chi connectivity index (χ2n) is 3.38. The number of aromatic nitrogens is 3. The highest BCUT2D eigenvalue weighted by Gasteiger charge is 2.08. The van der Waals surface area contributed by atoms with E-state index in [1.807, 2.05) is 22.6 Å². The summed E-state index contributed by atoms with van der Waals surface area (Å²) in [5.74, 6) is 0.938. The molecule has 6 heteroatoms. The van der Waals surface area contributed by atoms with Crippen LogP contribution < -0.4 is 10.3 Å². The van der Waals surface area contributed by atoms with Crippen LogP contribution in [0.4, 0.5) is 0 Å². The molecule has 0 aliphatic heterocycles. The summed E-state index contributed by atoms with van der Waals surface area (Å²) in [5.41, 5.74) is 1.12. The van der Waals surface area contributed by atoms with Crippen molar-refractivity contribution in [3.8, 4) is 17.4 Å². The van der Waals surface area contributed by atoms with Gasteiger partial charge in [0.25, 0.3) is 5.56 Å². The molecule has 0 saturated heterocycles. The number of rotatable bonds is 2. The van der Waals surface area contributed by atoms with Gasteiger partial charge in [0.1, 0.15) is 5.69 Å². The summed E-state index contributed by atoms with van der Waals surface area (Å²) in [4.78, 5) is 22.8. The topological polar surface area (TPSA) is 67.9 Å². The van der Waals surface area contributed by atoms with Crippen LogP contribution in [0, 0.1) is 10.5 Å². The fourth-order valence-corrected chi connectivity index (χ4v) is 1.61. The fraction of sp³-hybridized carbons (Fsp3) is 0.182. The lowest BCUT2D eigenvalue weighted by atomic mass is 10.3. The number of aromatic amines is 1. The number of hydrogen-bond acceptors (Lipinski definition) is 4. The molecule has 0 saturated carbocycles. The van der Waals surface area contributed by atoms with Gasteiger partial charge in [0.15, 0.2) is 5.82 Å². The summed E-state index contributed by atoms with van der Waals surface area (Å²) < 4.78 is 5.62. The van der Waals surface area contributed by atoms with Gasteiger partial charge in [0.2, 0.25) is 5.88 Å². The maximum absolute atomic E-state index is 11.6. The average Bonchev–Trinajstić information content (AvgIpc) is 2.35. The van der Waals surface area contributed by atoms with Crippen LogP contribution in [-0.4, -0.2) is 22.1 Å². The van der Waals surface area contributed by atoms with Gasteiger partial charge in [-0.2, -0.15) is 0 Å². The van der Waals surface area contributed by atoms with E-state index in [9.17, 15) is 4.79 Å². The molecule has 0 radical (unpaired) electrons. The minimum Gasteiger partial charge on any atom is -0.481 e. The van der Waals surface area contributed by atoms with E-state index in [-0.39, 0.29) is 5.56 Å². The lowest BCUT2D eigenvalue weighted by molar-refractivity contribution is 0.398. The van der Waals surface area contributed by atoms with Crippen LogP contribution in [0.3, 0.4) is 0 Å². The Balaban J connectivity index is 2.56. The maximum atomic E-state index is 11.6. The van der Waals surface area contributed by atoms with Crippen LogP contribution in [0.5, 0.6) is 5.88 Å². The maximum Gasteiger partial charge on any atom is 0.264 e. The Morgan fingerprint density at radius 1 is 1.35 bits per heavy atom. The van der Waals surface area contributed by atoms with E-state index < -0.39 is 0 Å². The molecular formula is C11H10IN3O2. The fourth-order valence-electron chi connectivity index (χ4n) is 1.35. The minimum atomic E-state index is -0.155. The third-order valence-corrected chi connectivity index (χ3v) is 3.47. The number of ether oxygens (including phenoxy) is 1. The van der Waals surface area contributed by atoms with Crippen LogP contribution in [-0.2, 0) is 0 Å².